The van der Waals surface area contributed by atoms with Crippen molar-refractivity contribution >= 4 is 23.1 Å². The van der Waals surface area contributed by atoms with Crippen LogP contribution >= 0.6 is 12.2 Å². The summed E-state index contributed by atoms with van der Waals surface area (Å²) in [5, 5.41) is 2.84. The van der Waals surface area contributed by atoms with Gasteiger partial charge < -0.3 is 11.1 Å². The first-order valence-corrected chi connectivity index (χ1v) is 7.69. The molecule has 1 rings (SSSR count). The van der Waals surface area contributed by atoms with Crippen LogP contribution in [0.15, 0.2) is 24.3 Å². The fourth-order valence-electron chi connectivity index (χ4n) is 2.56. The average molecular weight is 310 g/mol. The van der Waals surface area contributed by atoms with Gasteiger partial charge in [-0.1, -0.05) is 51.0 Å². The van der Waals surface area contributed by atoms with Gasteiger partial charge in [-0.3, -0.25) is 4.79 Å². The minimum absolute atomic E-state index is 0.164. The Hall–Kier alpha value is -1.49. The number of nitrogens with two attached hydrogens (primary N) is 1. The topological polar surface area (TPSA) is 55.1 Å². The van der Waals surface area contributed by atoms with Crippen LogP contribution in [0.2, 0.25) is 0 Å². The Kier molecular flexibility index (Phi) is 6.75. The van der Waals surface area contributed by atoms with Crippen molar-refractivity contribution in [2.75, 3.05) is 0 Å². The number of thiocarbonyl (C=S) groups is 1. The number of hydrogen-bond acceptors (Lipinski definition) is 2. The highest BCUT2D eigenvalue weighted by atomic mass is 32.1. The lowest BCUT2D eigenvalue weighted by Crippen LogP contribution is -2.48. The maximum atomic E-state index is 13.1. The molecule has 0 bridgehead atoms. The van der Waals surface area contributed by atoms with Gasteiger partial charge in [-0.15, -0.1) is 0 Å². The van der Waals surface area contributed by atoms with E-state index < -0.39 is 5.41 Å². The van der Waals surface area contributed by atoms with Crippen molar-refractivity contribution < 1.29 is 9.18 Å². The number of benzene rings is 1. The summed E-state index contributed by atoms with van der Waals surface area (Å²) in [4.78, 5) is 12.8. The van der Waals surface area contributed by atoms with Crippen molar-refractivity contribution in [3.63, 3.8) is 0 Å². The van der Waals surface area contributed by atoms with E-state index in [1.807, 2.05) is 13.8 Å². The number of carbonyl (C=O) groups is 1. The summed E-state index contributed by atoms with van der Waals surface area (Å²) in [6.07, 6.45) is 2.91. The van der Waals surface area contributed by atoms with Gasteiger partial charge in [-0.05, 0) is 30.5 Å². The lowest BCUT2D eigenvalue weighted by Gasteiger charge is -2.31. The molecule has 3 nitrogen and oxygen atoms in total. The molecule has 0 radical (unpaired) electrons. The molecule has 21 heavy (non-hydrogen) atoms. The maximum Gasteiger partial charge on any atom is 0.233 e. The highest BCUT2D eigenvalue weighted by Gasteiger charge is 2.39. The summed E-state index contributed by atoms with van der Waals surface area (Å²) in [6.45, 7) is 4.28. The van der Waals surface area contributed by atoms with Crippen molar-refractivity contribution in [3.05, 3.63) is 35.6 Å². The molecule has 0 saturated carbocycles. The highest BCUT2D eigenvalue weighted by Crippen LogP contribution is 2.31. The molecule has 0 heterocycles. The smallest absolute Gasteiger partial charge is 0.233 e. The van der Waals surface area contributed by atoms with Gasteiger partial charge in [0.1, 0.15) is 5.82 Å². The molecule has 1 amide bonds. The molecule has 0 atom stereocenters. The van der Waals surface area contributed by atoms with Crippen molar-refractivity contribution in [1.82, 2.24) is 5.32 Å². The van der Waals surface area contributed by atoms with Crippen molar-refractivity contribution in [2.45, 2.75) is 46.1 Å². The normalized spacial score (nSPS) is 11.2. The first-order valence-electron chi connectivity index (χ1n) is 7.29. The predicted molar refractivity (Wildman–Crippen MR) is 87.3 cm³/mol. The number of carbonyl (C=O) groups excluding carboxylic acids is 1. The molecule has 5 heteroatoms. The zero-order valence-electron chi connectivity index (χ0n) is 12.6. The van der Waals surface area contributed by atoms with Crippen LogP contribution in [-0.2, 0) is 11.3 Å². The molecular formula is C16H23FN2OS. The fraction of sp³-hybridized carbons (Fsp3) is 0.500. The Morgan fingerprint density at radius 3 is 2.43 bits per heavy atom. The molecule has 0 aliphatic rings. The molecule has 116 valence electrons. The van der Waals surface area contributed by atoms with Gasteiger partial charge in [0.25, 0.3) is 0 Å². The zero-order valence-corrected chi connectivity index (χ0v) is 13.4. The summed E-state index contributed by atoms with van der Waals surface area (Å²) < 4.78 is 13.1. The van der Waals surface area contributed by atoms with Gasteiger partial charge in [0.2, 0.25) is 5.91 Å². The van der Waals surface area contributed by atoms with Crippen LogP contribution in [-0.4, -0.2) is 10.9 Å². The van der Waals surface area contributed by atoms with E-state index in [2.05, 4.69) is 5.32 Å². The lowest BCUT2D eigenvalue weighted by atomic mass is 9.78. The molecule has 0 unspecified atom stereocenters. The third-order valence-corrected chi connectivity index (χ3v) is 3.99. The Balaban J connectivity index is 2.83. The van der Waals surface area contributed by atoms with E-state index in [1.165, 1.54) is 12.1 Å². The maximum absolute atomic E-state index is 13.1. The van der Waals surface area contributed by atoms with Gasteiger partial charge in [-0.25, -0.2) is 4.39 Å². The Morgan fingerprint density at radius 2 is 1.95 bits per heavy atom. The third-order valence-electron chi connectivity index (χ3n) is 3.60. The molecule has 0 aliphatic carbocycles. The number of amides is 1. The predicted octanol–water partition coefficient (Wildman–Crippen LogP) is 3.31. The summed E-state index contributed by atoms with van der Waals surface area (Å²) in [5.74, 6) is -0.479. The Labute approximate surface area is 131 Å². The van der Waals surface area contributed by atoms with E-state index in [0.29, 0.717) is 18.4 Å². The minimum Gasteiger partial charge on any atom is -0.392 e. The van der Waals surface area contributed by atoms with Crippen molar-refractivity contribution in [2.24, 2.45) is 11.1 Å². The average Bonchev–Trinajstić information content (AvgIpc) is 2.44. The molecule has 0 aliphatic heterocycles. The molecular weight excluding hydrogens is 287 g/mol. The van der Waals surface area contributed by atoms with Crippen LogP contribution in [0.3, 0.4) is 0 Å². The van der Waals surface area contributed by atoms with Crippen LogP contribution in [0, 0.1) is 11.2 Å². The largest absolute Gasteiger partial charge is 0.392 e. The second-order valence-electron chi connectivity index (χ2n) is 5.26. The monoisotopic (exact) mass is 310 g/mol. The van der Waals surface area contributed by atoms with Gasteiger partial charge in [-0.2, -0.15) is 0 Å². The standard InChI is InChI=1S/C16H23FN2OS/c1-3-8-16(9-4-2,14(18)21)15(20)19-11-12-6-5-7-13(17)10-12/h5-7,10H,3-4,8-9,11H2,1-2H3,(H2,18,21)(H,19,20). The van der Waals surface area contributed by atoms with Crippen LogP contribution in [0.1, 0.15) is 45.1 Å². The summed E-state index contributed by atoms with van der Waals surface area (Å²) in [7, 11) is 0. The molecule has 0 fully saturated rings. The summed E-state index contributed by atoms with van der Waals surface area (Å²) >= 11 is 5.14. The van der Waals surface area contributed by atoms with Gasteiger partial charge >= 0.3 is 0 Å². The van der Waals surface area contributed by atoms with Gasteiger partial charge in [0.05, 0.1) is 10.4 Å². The quantitative estimate of drug-likeness (QED) is 0.724. The minimum atomic E-state index is -0.799. The van der Waals surface area contributed by atoms with Crippen molar-refractivity contribution in [3.8, 4) is 0 Å². The lowest BCUT2D eigenvalue weighted by molar-refractivity contribution is -0.128. The first kappa shape index (κ1) is 17.6. The summed E-state index contributed by atoms with van der Waals surface area (Å²) in [5.41, 5.74) is 5.76. The summed E-state index contributed by atoms with van der Waals surface area (Å²) in [6, 6.07) is 6.17. The number of rotatable bonds is 8. The van der Waals surface area contributed by atoms with Crippen LogP contribution in [0.5, 0.6) is 0 Å². The van der Waals surface area contributed by atoms with E-state index in [9.17, 15) is 9.18 Å². The van der Waals surface area contributed by atoms with E-state index in [4.69, 9.17) is 18.0 Å². The third kappa shape index (κ3) is 4.49. The highest BCUT2D eigenvalue weighted by molar-refractivity contribution is 7.80. The van der Waals surface area contributed by atoms with Crippen LogP contribution in [0.25, 0.3) is 0 Å². The first-order chi connectivity index (χ1) is 9.96. The molecule has 1 aromatic rings. The van der Waals surface area contributed by atoms with Crippen LogP contribution in [0.4, 0.5) is 4.39 Å². The number of hydrogen-bond donors (Lipinski definition) is 2. The number of halogens is 1. The van der Waals surface area contributed by atoms with Crippen LogP contribution < -0.4 is 11.1 Å². The van der Waals surface area contributed by atoms with E-state index in [1.54, 1.807) is 12.1 Å². The second kappa shape index (κ2) is 8.08. The van der Waals surface area contributed by atoms with E-state index >= 15 is 0 Å². The number of nitrogens with one attached hydrogen (secondary N) is 1. The molecule has 3 N–H and O–H groups in total. The molecule has 1 aromatic carbocycles. The zero-order chi connectivity index (χ0) is 15.9. The molecule has 0 aromatic heterocycles. The fourth-order valence-corrected chi connectivity index (χ4v) is 2.86. The SMILES string of the molecule is CCCC(CCC)(C(=O)NCc1cccc(F)c1)C(N)=S. The van der Waals surface area contributed by atoms with E-state index in [-0.39, 0.29) is 23.3 Å². The van der Waals surface area contributed by atoms with Gasteiger partial charge in [0, 0.05) is 6.54 Å². The second-order valence-corrected chi connectivity index (χ2v) is 5.70. The molecule has 0 saturated heterocycles. The Bertz CT molecular complexity index is 499. The Morgan fingerprint density at radius 1 is 1.33 bits per heavy atom. The van der Waals surface area contributed by atoms with Crippen molar-refractivity contribution in [1.29, 1.82) is 0 Å². The molecule has 0 spiro atoms. The van der Waals surface area contributed by atoms with Gasteiger partial charge in [0.15, 0.2) is 0 Å². The van der Waals surface area contributed by atoms with E-state index in [0.717, 1.165) is 12.8 Å².